The van der Waals surface area contributed by atoms with E-state index in [1.165, 1.54) is 6.08 Å². The quantitative estimate of drug-likeness (QED) is 0.687. The van der Waals surface area contributed by atoms with Crippen molar-refractivity contribution in [1.29, 1.82) is 5.26 Å². The van der Waals surface area contributed by atoms with Crippen molar-refractivity contribution in [3.63, 3.8) is 0 Å². The van der Waals surface area contributed by atoms with Gasteiger partial charge in [0.05, 0.1) is 0 Å². The molecule has 106 valence electrons. The van der Waals surface area contributed by atoms with Crippen LogP contribution in [0.2, 0.25) is 0 Å². The van der Waals surface area contributed by atoms with Crippen molar-refractivity contribution in [3.8, 4) is 6.07 Å². The monoisotopic (exact) mass is 280 g/mol. The van der Waals surface area contributed by atoms with E-state index < -0.39 is 5.91 Å². The highest BCUT2D eigenvalue weighted by Gasteiger charge is 2.13. The number of amides is 1. The molecule has 0 atom stereocenters. The summed E-state index contributed by atoms with van der Waals surface area (Å²) in [5.74, 6) is 0.776. The lowest BCUT2D eigenvalue weighted by Crippen LogP contribution is -2.15. The lowest BCUT2D eigenvalue weighted by molar-refractivity contribution is -0.112. The van der Waals surface area contributed by atoms with Gasteiger partial charge in [0.25, 0.3) is 5.91 Å². The second-order valence-electron chi connectivity index (χ2n) is 4.84. The molecule has 2 aromatic rings. The first-order valence-corrected chi connectivity index (χ1v) is 6.57. The number of rotatable bonds is 3. The Morgan fingerprint density at radius 1 is 1.19 bits per heavy atom. The fraction of sp³-hybridized carbons (Fsp3) is 0.176. The Balaban J connectivity index is 2.26. The minimum atomic E-state index is -0.441. The van der Waals surface area contributed by atoms with E-state index >= 15 is 0 Å². The van der Waals surface area contributed by atoms with E-state index in [0.29, 0.717) is 5.76 Å². The summed E-state index contributed by atoms with van der Waals surface area (Å²) in [6, 6.07) is 11.2. The number of nitrogens with one attached hydrogen (secondary N) is 1. The van der Waals surface area contributed by atoms with Crippen LogP contribution in [0.4, 0.5) is 5.69 Å². The molecule has 0 radical (unpaired) electrons. The van der Waals surface area contributed by atoms with Gasteiger partial charge >= 0.3 is 0 Å². The van der Waals surface area contributed by atoms with Gasteiger partial charge < -0.3 is 9.73 Å². The van der Waals surface area contributed by atoms with Gasteiger partial charge in [-0.25, -0.2) is 0 Å². The summed E-state index contributed by atoms with van der Waals surface area (Å²) in [4.78, 5) is 12.2. The maximum Gasteiger partial charge on any atom is 0.266 e. The molecule has 4 nitrogen and oxygen atoms in total. The van der Waals surface area contributed by atoms with Crippen molar-refractivity contribution in [3.05, 3.63) is 58.6 Å². The van der Waals surface area contributed by atoms with Crippen LogP contribution in [0, 0.1) is 32.1 Å². The average Bonchev–Trinajstić information content (AvgIpc) is 2.85. The van der Waals surface area contributed by atoms with Crippen LogP contribution in [-0.4, -0.2) is 5.91 Å². The molecule has 0 aliphatic rings. The summed E-state index contributed by atoms with van der Waals surface area (Å²) in [6.45, 7) is 5.63. The van der Waals surface area contributed by atoms with Crippen LogP contribution in [0.25, 0.3) is 6.08 Å². The largest absolute Gasteiger partial charge is 0.462 e. The molecular weight excluding hydrogens is 264 g/mol. The summed E-state index contributed by atoms with van der Waals surface area (Å²) in [5, 5.41) is 11.9. The maximum absolute atomic E-state index is 12.2. The van der Waals surface area contributed by atoms with Crippen LogP contribution < -0.4 is 5.32 Å². The second-order valence-corrected chi connectivity index (χ2v) is 4.84. The van der Waals surface area contributed by atoms with Crippen molar-refractivity contribution >= 4 is 17.7 Å². The second kappa shape index (κ2) is 6.10. The zero-order valence-corrected chi connectivity index (χ0v) is 12.2. The SMILES string of the molecule is Cc1ccc(/C=C(\C#N)C(=O)Nc2c(C)cccc2C)o1. The third-order valence-electron chi connectivity index (χ3n) is 3.13. The first kappa shape index (κ1) is 14.6. The van der Waals surface area contributed by atoms with E-state index in [4.69, 9.17) is 9.68 Å². The third-order valence-corrected chi connectivity index (χ3v) is 3.13. The minimum absolute atomic E-state index is 0.00648. The highest BCUT2D eigenvalue weighted by atomic mass is 16.3. The zero-order chi connectivity index (χ0) is 15.4. The van der Waals surface area contributed by atoms with Gasteiger partial charge in [-0.3, -0.25) is 4.79 Å². The van der Waals surface area contributed by atoms with Crippen LogP contribution in [0.3, 0.4) is 0 Å². The standard InChI is InChI=1S/C17H16N2O2/c1-11-5-4-6-12(2)16(11)19-17(20)14(10-18)9-15-8-7-13(3)21-15/h4-9H,1-3H3,(H,19,20)/b14-9+. The molecule has 0 bridgehead atoms. The van der Waals surface area contributed by atoms with Crippen molar-refractivity contribution in [1.82, 2.24) is 0 Å². The lowest BCUT2D eigenvalue weighted by Gasteiger charge is -2.10. The Bertz CT molecular complexity index is 728. The molecule has 0 saturated carbocycles. The molecule has 0 saturated heterocycles. The normalized spacial score (nSPS) is 11.0. The van der Waals surface area contributed by atoms with E-state index in [1.54, 1.807) is 19.1 Å². The molecule has 1 amide bonds. The highest BCUT2D eigenvalue weighted by molar-refractivity contribution is 6.10. The van der Waals surface area contributed by atoms with Crippen LogP contribution in [0.5, 0.6) is 0 Å². The summed E-state index contributed by atoms with van der Waals surface area (Å²) in [6.07, 6.45) is 1.44. The Labute approximate surface area is 123 Å². The van der Waals surface area contributed by atoms with E-state index in [0.717, 1.165) is 22.6 Å². The van der Waals surface area contributed by atoms with Crippen molar-refractivity contribution in [2.24, 2.45) is 0 Å². The first-order valence-electron chi connectivity index (χ1n) is 6.57. The van der Waals surface area contributed by atoms with Gasteiger partial charge in [0.15, 0.2) is 0 Å². The molecule has 0 aliphatic heterocycles. The highest BCUT2D eigenvalue weighted by Crippen LogP contribution is 2.20. The number of para-hydroxylation sites is 1. The molecule has 4 heteroatoms. The predicted octanol–water partition coefficient (Wildman–Crippen LogP) is 3.75. The van der Waals surface area contributed by atoms with Gasteiger partial charge in [0, 0.05) is 11.8 Å². The molecule has 21 heavy (non-hydrogen) atoms. The van der Waals surface area contributed by atoms with Gasteiger partial charge in [-0.2, -0.15) is 5.26 Å². The van der Waals surface area contributed by atoms with Crippen LogP contribution in [0.15, 0.2) is 40.3 Å². The number of hydrogen-bond donors (Lipinski definition) is 1. The average molecular weight is 280 g/mol. The number of hydrogen-bond acceptors (Lipinski definition) is 3. The first-order chi connectivity index (χ1) is 10.0. The van der Waals surface area contributed by atoms with Crippen molar-refractivity contribution in [2.45, 2.75) is 20.8 Å². The molecule has 0 spiro atoms. The smallest absolute Gasteiger partial charge is 0.266 e. The summed E-state index contributed by atoms with van der Waals surface area (Å²) in [5.41, 5.74) is 2.65. The molecule has 1 aromatic heterocycles. The van der Waals surface area contributed by atoms with E-state index in [9.17, 15) is 4.79 Å². The minimum Gasteiger partial charge on any atom is -0.462 e. The summed E-state index contributed by atoms with van der Waals surface area (Å²) < 4.78 is 5.36. The molecule has 1 heterocycles. The number of carbonyl (C=O) groups excluding carboxylic acids is 1. The van der Waals surface area contributed by atoms with Gasteiger partial charge in [-0.15, -0.1) is 0 Å². The van der Waals surface area contributed by atoms with E-state index in [2.05, 4.69) is 5.32 Å². The number of aryl methyl sites for hydroxylation is 3. The maximum atomic E-state index is 12.2. The number of benzene rings is 1. The molecule has 1 N–H and O–H groups in total. The number of nitrogens with zero attached hydrogens (tertiary/aromatic N) is 1. The van der Waals surface area contributed by atoms with E-state index in [1.807, 2.05) is 38.1 Å². The molecular formula is C17H16N2O2. The number of carbonyl (C=O) groups is 1. The lowest BCUT2D eigenvalue weighted by atomic mass is 10.1. The van der Waals surface area contributed by atoms with Gasteiger partial charge in [0.1, 0.15) is 23.2 Å². The fourth-order valence-corrected chi connectivity index (χ4v) is 2.01. The van der Waals surface area contributed by atoms with Gasteiger partial charge in [-0.05, 0) is 44.0 Å². The molecule has 0 unspecified atom stereocenters. The van der Waals surface area contributed by atoms with Crippen LogP contribution in [0.1, 0.15) is 22.6 Å². The molecule has 0 aliphatic carbocycles. The Morgan fingerprint density at radius 3 is 2.38 bits per heavy atom. The van der Waals surface area contributed by atoms with Gasteiger partial charge in [-0.1, -0.05) is 18.2 Å². The van der Waals surface area contributed by atoms with Crippen LogP contribution in [-0.2, 0) is 4.79 Å². The summed E-state index contributed by atoms with van der Waals surface area (Å²) >= 11 is 0. The molecule has 2 rings (SSSR count). The third kappa shape index (κ3) is 3.40. The van der Waals surface area contributed by atoms with Crippen LogP contribution >= 0.6 is 0 Å². The number of anilines is 1. The Morgan fingerprint density at radius 2 is 1.86 bits per heavy atom. The Kier molecular flexibility index (Phi) is 4.24. The van der Waals surface area contributed by atoms with Crippen molar-refractivity contribution in [2.75, 3.05) is 5.32 Å². The Hall–Kier alpha value is -2.80. The number of nitriles is 1. The topological polar surface area (TPSA) is 66.0 Å². The van der Waals surface area contributed by atoms with E-state index in [-0.39, 0.29) is 5.57 Å². The van der Waals surface area contributed by atoms with Gasteiger partial charge in [0.2, 0.25) is 0 Å². The number of furan rings is 1. The summed E-state index contributed by atoms with van der Waals surface area (Å²) in [7, 11) is 0. The molecule has 1 aromatic carbocycles. The van der Waals surface area contributed by atoms with Crippen molar-refractivity contribution < 1.29 is 9.21 Å². The predicted molar refractivity (Wildman–Crippen MR) is 81.6 cm³/mol. The molecule has 0 fully saturated rings. The zero-order valence-electron chi connectivity index (χ0n) is 12.2. The fourth-order valence-electron chi connectivity index (χ4n) is 2.01.